The average Bonchev–Trinajstić information content (AvgIpc) is 2.84. The van der Waals surface area contributed by atoms with Crippen molar-refractivity contribution < 1.29 is 9.90 Å². The molecule has 0 amide bonds. The standard InChI is InChI=1S/C13H16N4O2/c1-10-2-4-11(5-3-10)6-7-12-14-16-17(15-12)9-8-13(18)19/h2-5H,6-9H2,1H3,(H,18,19). The van der Waals surface area contributed by atoms with Crippen molar-refractivity contribution in [2.24, 2.45) is 0 Å². The summed E-state index contributed by atoms with van der Waals surface area (Å²) >= 11 is 0. The van der Waals surface area contributed by atoms with Gasteiger partial charge in [0.15, 0.2) is 5.82 Å². The molecule has 1 heterocycles. The maximum Gasteiger partial charge on any atom is 0.305 e. The van der Waals surface area contributed by atoms with E-state index in [1.165, 1.54) is 15.9 Å². The van der Waals surface area contributed by atoms with E-state index in [0.29, 0.717) is 12.2 Å². The monoisotopic (exact) mass is 260 g/mol. The first-order valence-electron chi connectivity index (χ1n) is 6.17. The molecule has 0 radical (unpaired) electrons. The number of hydrogen-bond donors (Lipinski definition) is 1. The maximum absolute atomic E-state index is 10.4. The van der Waals surface area contributed by atoms with E-state index in [9.17, 15) is 4.79 Å². The number of nitrogens with zero attached hydrogens (tertiary/aromatic N) is 4. The van der Waals surface area contributed by atoms with Crippen molar-refractivity contribution in [3.8, 4) is 0 Å². The highest BCUT2D eigenvalue weighted by atomic mass is 16.4. The van der Waals surface area contributed by atoms with Crippen molar-refractivity contribution >= 4 is 5.97 Å². The van der Waals surface area contributed by atoms with Gasteiger partial charge in [-0.15, -0.1) is 10.2 Å². The number of rotatable bonds is 6. The summed E-state index contributed by atoms with van der Waals surface area (Å²) in [7, 11) is 0. The van der Waals surface area contributed by atoms with Crippen LogP contribution < -0.4 is 0 Å². The summed E-state index contributed by atoms with van der Waals surface area (Å²) in [5.74, 6) is -0.218. The molecule has 0 spiro atoms. The predicted molar refractivity (Wildman–Crippen MR) is 68.7 cm³/mol. The van der Waals surface area contributed by atoms with Gasteiger partial charge in [-0.25, -0.2) is 0 Å². The van der Waals surface area contributed by atoms with Gasteiger partial charge in [0.25, 0.3) is 0 Å². The molecule has 0 aliphatic heterocycles. The van der Waals surface area contributed by atoms with Crippen molar-refractivity contribution in [1.82, 2.24) is 20.2 Å². The van der Waals surface area contributed by atoms with Crippen LogP contribution in [-0.2, 0) is 24.2 Å². The number of tetrazole rings is 1. The normalized spacial score (nSPS) is 10.6. The minimum Gasteiger partial charge on any atom is -0.481 e. The first kappa shape index (κ1) is 13.2. The number of aryl methyl sites for hydroxylation is 4. The Bertz CT molecular complexity index is 548. The molecule has 2 aromatic rings. The van der Waals surface area contributed by atoms with Crippen LogP contribution in [0, 0.1) is 6.92 Å². The summed E-state index contributed by atoms with van der Waals surface area (Å²) in [6.07, 6.45) is 1.56. The second kappa shape index (κ2) is 6.08. The Hall–Kier alpha value is -2.24. The highest BCUT2D eigenvalue weighted by Gasteiger charge is 2.05. The molecule has 19 heavy (non-hydrogen) atoms. The maximum atomic E-state index is 10.4. The lowest BCUT2D eigenvalue weighted by Gasteiger charge is -1.99. The van der Waals surface area contributed by atoms with E-state index >= 15 is 0 Å². The molecule has 0 saturated heterocycles. The zero-order chi connectivity index (χ0) is 13.7. The molecule has 1 aromatic heterocycles. The van der Waals surface area contributed by atoms with Crippen LogP contribution in [0.2, 0.25) is 0 Å². The molecular formula is C13H16N4O2. The fourth-order valence-electron chi connectivity index (χ4n) is 1.68. The van der Waals surface area contributed by atoms with E-state index in [-0.39, 0.29) is 13.0 Å². The molecule has 2 rings (SSSR count). The van der Waals surface area contributed by atoms with Crippen molar-refractivity contribution in [2.75, 3.05) is 0 Å². The lowest BCUT2D eigenvalue weighted by Crippen LogP contribution is -2.07. The highest BCUT2D eigenvalue weighted by Crippen LogP contribution is 2.06. The molecule has 6 heteroatoms. The number of carbonyl (C=O) groups is 1. The van der Waals surface area contributed by atoms with E-state index in [2.05, 4.69) is 46.6 Å². The number of benzene rings is 1. The minimum atomic E-state index is -0.862. The second-order valence-corrected chi connectivity index (χ2v) is 4.43. The van der Waals surface area contributed by atoms with E-state index in [1.807, 2.05) is 0 Å². The van der Waals surface area contributed by atoms with E-state index < -0.39 is 5.97 Å². The lowest BCUT2D eigenvalue weighted by molar-refractivity contribution is -0.137. The molecule has 0 aliphatic rings. The Balaban J connectivity index is 1.86. The zero-order valence-electron chi connectivity index (χ0n) is 10.8. The predicted octanol–water partition coefficient (Wildman–Crippen LogP) is 1.24. The van der Waals surface area contributed by atoms with Crippen LogP contribution in [0.1, 0.15) is 23.4 Å². The minimum absolute atomic E-state index is 0.00770. The van der Waals surface area contributed by atoms with E-state index in [4.69, 9.17) is 5.11 Å². The second-order valence-electron chi connectivity index (χ2n) is 4.43. The Morgan fingerprint density at radius 1 is 1.26 bits per heavy atom. The Kier molecular flexibility index (Phi) is 4.22. The van der Waals surface area contributed by atoms with E-state index in [0.717, 1.165) is 6.42 Å². The molecular weight excluding hydrogens is 244 g/mol. The Labute approximate surface area is 111 Å². The SMILES string of the molecule is Cc1ccc(CCc2nnn(CCC(=O)O)n2)cc1. The van der Waals surface area contributed by atoms with Gasteiger partial charge in [-0.2, -0.15) is 4.80 Å². The molecule has 0 fully saturated rings. The van der Waals surface area contributed by atoms with E-state index in [1.54, 1.807) is 0 Å². The summed E-state index contributed by atoms with van der Waals surface area (Å²) in [4.78, 5) is 11.8. The third-order valence-corrected chi connectivity index (χ3v) is 2.78. The molecule has 0 unspecified atom stereocenters. The molecule has 1 N–H and O–H groups in total. The Morgan fingerprint density at radius 2 is 2.00 bits per heavy atom. The third-order valence-electron chi connectivity index (χ3n) is 2.78. The van der Waals surface area contributed by atoms with Gasteiger partial charge in [0, 0.05) is 6.42 Å². The van der Waals surface area contributed by atoms with Crippen LogP contribution in [0.15, 0.2) is 24.3 Å². The van der Waals surface area contributed by atoms with Gasteiger partial charge in [-0.05, 0) is 24.1 Å². The van der Waals surface area contributed by atoms with Crippen LogP contribution in [0.4, 0.5) is 0 Å². The van der Waals surface area contributed by atoms with Crippen molar-refractivity contribution in [2.45, 2.75) is 32.7 Å². The van der Waals surface area contributed by atoms with Gasteiger partial charge in [-0.3, -0.25) is 4.79 Å². The summed E-state index contributed by atoms with van der Waals surface area (Å²) in [6, 6.07) is 8.33. The fourth-order valence-corrected chi connectivity index (χ4v) is 1.68. The quantitative estimate of drug-likeness (QED) is 0.845. The largest absolute Gasteiger partial charge is 0.481 e. The van der Waals surface area contributed by atoms with Crippen LogP contribution in [0.5, 0.6) is 0 Å². The molecule has 1 aromatic carbocycles. The van der Waals surface area contributed by atoms with Crippen molar-refractivity contribution in [3.05, 3.63) is 41.2 Å². The number of aliphatic carboxylic acids is 1. The van der Waals surface area contributed by atoms with Gasteiger partial charge < -0.3 is 5.11 Å². The molecule has 100 valence electrons. The smallest absolute Gasteiger partial charge is 0.305 e. The van der Waals surface area contributed by atoms with Crippen molar-refractivity contribution in [3.63, 3.8) is 0 Å². The Morgan fingerprint density at radius 3 is 2.68 bits per heavy atom. The number of aromatic nitrogens is 4. The summed E-state index contributed by atoms with van der Waals surface area (Å²) in [5.41, 5.74) is 2.47. The molecule has 6 nitrogen and oxygen atoms in total. The molecule has 0 saturated carbocycles. The third kappa shape index (κ3) is 4.17. The number of carboxylic acid groups (broad SMARTS) is 1. The van der Waals surface area contributed by atoms with Gasteiger partial charge in [0.05, 0.1) is 13.0 Å². The zero-order valence-corrected chi connectivity index (χ0v) is 10.8. The topological polar surface area (TPSA) is 80.9 Å². The van der Waals surface area contributed by atoms with Gasteiger partial charge in [0.2, 0.25) is 0 Å². The summed E-state index contributed by atoms with van der Waals surface area (Å²) in [5, 5.41) is 20.5. The fraction of sp³-hybridized carbons (Fsp3) is 0.385. The van der Waals surface area contributed by atoms with Gasteiger partial charge in [0.1, 0.15) is 0 Å². The first-order chi connectivity index (χ1) is 9.13. The highest BCUT2D eigenvalue weighted by molar-refractivity contribution is 5.66. The lowest BCUT2D eigenvalue weighted by atomic mass is 10.1. The average molecular weight is 260 g/mol. The van der Waals surface area contributed by atoms with Crippen molar-refractivity contribution in [1.29, 1.82) is 0 Å². The van der Waals surface area contributed by atoms with Crippen LogP contribution in [0.3, 0.4) is 0 Å². The molecule has 0 atom stereocenters. The summed E-state index contributed by atoms with van der Waals surface area (Å²) < 4.78 is 0. The molecule has 0 bridgehead atoms. The van der Waals surface area contributed by atoms with Crippen LogP contribution >= 0.6 is 0 Å². The van der Waals surface area contributed by atoms with Gasteiger partial charge >= 0.3 is 5.97 Å². The number of hydrogen-bond acceptors (Lipinski definition) is 4. The molecule has 0 aliphatic carbocycles. The summed E-state index contributed by atoms with van der Waals surface area (Å²) in [6.45, 7) is 2.31. The van der Waals surface area contributed by atoms with Crippen LogP contribution in [-0.4, -0.2) is 31.3 Å². The first-order valence-corrected chi connectivity index (χ1v) is 6.17. The number of carboxylic acids is 1. The van der Waals surface area contributed by atoms with Crippen LogP contribution in [0.25, 0.3) is 0 Å². The van der Waals surface area contributed by atoms with Gasteiger partial charge in [-0.1, -0.05) is 29.8 Å².